The monoisotopic (exact) mass is 540 g/mol. The highest BCUT2D eigenvalue weighted by Crippen LogP contribution is 2.33. The van der Waals surface area contributed by atoms with Gasteiger partial charge >= 0.3 is 0 Å². The normalized spacial score (nSPS) is 12.1. The summed E-state index contributed by atoms with van der Waals surface area (Å²) in [6.07, 6.45) is 5.35. The van der Waals surface area contributed by atoms with Crippen molar-refractivity contribution in [2.75, 3.05) is 32.6 Å². The van der Waals surface area contributed by atoms with Crippen molar-refractivity contribution in [1.29, 1.82) is 0 Å². The highest BCUT2D eigenvalue weighted by Gasteiger charge is 2.19. The summed E-state index contributed by atoms with van der Waals surface area (Å²) in [5.41, 5.74) is 11.5. The molecule has 2 aromatic carbocycles. The van der Waals surface area contributed by atoms with E-state index in [0.29, 0.717) is 28.5 Å². The molecule has 0 amide bonds. The number of nitrogens with zero attached hydrogens (tertiary/aromatic N) is 2. The molecule has 1 aromatic heterocycles. The molecule has 7 heteroatoms. The van der Waals surface area contributed by atoms with Crippen molar-refractivity contribution in [2.45, 2.75) is 38.4 Å². The summed E-state index contributed by atoms with van der Waals surface area (Å²) >= 11 is 8.40. The molecule has 0 bridgehead atoms. The van der Waals surface area contributed by atoms with Gasteiger partial charge in [-0.15, -0.1) is 0 Å². The topological polar surface area (TPSA) is 54.2 Å². The second-order valence-corrected chi connectivity index (χ2v) is 10.7. The van der Waals surface area contributed by atoms with Crippen LogP contribution in [0.15, 0.2) is 61.3 Å². The summed E-state index contributed by atoms with van der Waals surface area (Å²) < 4.78 is 14.2. The van der Waals surface area contributed by atoms with E-state index >= 15 is 0 Å². The molecule has 4 nitrogen and oxygen atoms in total. The van der Waals surface area contributed by atoms with E-state index in [2.05, 4.69) is 42.6 Å². The van der Waals surface area contributed by atoms with Crippen LogP contribution in [0, 0.1) is 12.7 Å². The van der Waals surface area contributed by atoms with E-state index in [1.165, 1.54) is 6.07 Å². The average Bonchev–Trinajstić information content (AvgIpc) is 2.90. The molecule has 37 heavy (non-hydrogen) atoms. The molecule has 1 unspecified atom stereocenters. The molecule has 3 rings (SSSR count). The van der Waals surface area contributed by atoms with Gasteiger partial charge in [0.05, 0.1) is 16.2 Å². The summed E-state index contributed by atoms with van der Waals surface area (Å²) in [5.74, 6) is -0.257. The van der Waals surface area contributed by atoms with Crippen molar-refractivity contribution < 1.29 is 4.39 Å². The number of unbranched alkanes of at least 4 members (excludes halogenated alkanes) is 1. The summed E-state index contributed by atoms with van der Waals surface area (Å²) in [6.45, 7) is 15.7. The lowest BCUT2D eigenvalue weighted by molar-refractivity contribution is 0.339. The van der Waals surface area contributed by atoms with E-state index in [1.807, 2.05) is 18.2 Å². The highest BCUT2D eigenvalue weighted by molar-refractivity contribution is 7.99. The van der Waals surface area contributed by atoms with Gasteiger partial charge < -0.3 is 16.0 Å². The molecular formula is C30H38ClFN4S. The van der Waals surface area contributed by atoms with Crippen LogP contribution in [0.5, 0.6) is 0 Å². The summed E-state index contributed by atoms with van der Waals surface area (Å²) in [7, 11) is 0. The first-order valence-corrected chi connectivity index (χ1v) is 14.4. The molecular weight excluding hydrogens is 503 g/mol. The van der Waals surface area contributed by atoms with Gasteiger partial charge in [0.25, 0.3) is 0 Å². The van der Waals surface area contributed by atoms with Gasteiger partial charge in [0.1, 0.15) is 5.82 Å². The van der Waals surface area contributed by atoms with Gasteiger partial charge in [0.15, 0.2) is 0 Å². The molecule has 1 heterocycles. The zero-order chi connectivity index (χ0) is 26.9. The first-order valence-electron chi connectivity index (χ1n) is 12.7. The van der Waals surface area contributed by atoms with Gasteiger partial charge in [-0.25, -0.2) is 9.37 Å². The Labute approximate surface area is 230 Å². The van der Waals surface area contributed by atoms with Crippen molar-refractivity contribution in [2.24, 2.45) is 5.73 Å². The molecule has 0 saturated carbocycles. The number of aryl methyl sites for hydroxylation is 1. The molecule has 3 aromatic rings. The molecule has 0 radical (unpaired) electrons. The van der Waals surface area contributed by atoms with Crippen LogP contribution in [0.1, 0.15) is 37.3 Å². The standard InChI is InChI=1S/C30H38ClFN4S/c1-6-7-8-21(3)36(14-13-34-19-33)18-30(37-5)22(4)23-11-12-25-26(31)17-28(35-29(25)16-23)24-10-9-20(2)27(32)15-24/h9-12,15-17,30,34H,3-4,6-8,13-14,18-19,33H2,1-2,5H3. The number of hydrogen-bond acceptors (Lipinski definition) is 5. The highest BCUT2D eigenvalue weighted by atomic mass is 35.5. The average molecular weight is 541 g/mol. The smallest absolute Gasteiger partial charge is 0.126 e. The number of halogens is 2. The van der Waals surface area contributed by atoms with Gasteiger partial charge in [-0.05, 0) is 60.9 Å². The van der Waals surface area contributed by atoms with Crippen LogP contribution >= 0.6 is 23.4 Å². The summed E-state index contributed by atoms with van der Waals surface area (Å²) in [6, 6.07) is 13.0. The number of aromatic nitrogens is 1. The minimum atomic E-state index is -0.257. The third-order valence-corrected chi connectivity index (χ3v) is 7.94. The second-order valence-electron chi connectivity index (χ2n) is 9.25. The Morgan fingerprint density at radius 1 is 1.22 bits per heavy atom. The van der Waals surface area contributed by atoms with Gasteiger partial charge in [-0.3, -0.25) is 0 Å². The maximum atomic E-state index is 14.2. The predicted octanol–water partition coefficient (Wildman–Crippen LogP) is 7.26. The lowest BCUT2D eigenvalue weighted by Crippen LogP contribution is -2.37. The number of fused-ring (bicyclic) bond motifs is 1. The fourth-order valence-electron chi connectivity index (χ4n) is 4.23. The predicted molar refractivity (Wildman–Crippen MR) is 161 cm³/mol. The van der Waals surface area contributed by atoms with Crippen molar-refractivity contribution in [3.05, 3.63) is 83.3 Å². The minimum absolute atomic E-state index is 0.165. The third kappa shape index (κ3) is 7.57. The van der Waals surface area contributed by atoms with Crippen molar-refractivity contribution in [3.8, 4) is 11.3 Å². The molecule has 0 aliphatic rings. The van der Waals surface area contributed by atoms with Crippen molar-refractivity contribution in [3.63, 3.8) is 0 Å². The number of benzene rings is 2. The van der Waals surface area contributed by atoms with Crippen molar-refractivity contribution in [1.82, 2.24) is 15.2 Å². The maximum absolute atomic E-state index is 14.2. The molecule has 3 N–H and O–H groups in total. The molecule has 0 aliphatic carbocycles. The number of pyridine rings is 1. The molecule has 1 atom stereocenters. The maximum Gasteiger partial charge on any atom is 0.126 e. The number of rotatable bonds is 14. The van der Waals surface area contributed by atoms with Crippen LogP contribution < -0.4 is 11.1 Å². The number of thioether (sulfide) groups is 1. The van der Waals surface area contributed by atoms with Gasteiger partial charge in [0.2, 0.25) is 0 Å². The zero-order valence-corrected chi connectivity index (χ0v) is 23.7. The Bertz CT molecular complexity index is 1250. The van der Waals surface area contributed by atoms with Crippen LogP contribution in [0.3, 0.4) is 0 Å². The molecule has 0 aliphatic heterocycles. The number of nitrogens with two attached hydrogens (primary N) is 1. The lowest BCUT2D eigenvalue weighted by Gasteiger charge is -2.31. The van der Waals surface area contributed by atoms with E-state index in [1.54, 1.807) is 30.8 Å². The van der Waals surface area contributed by atoms with Crippen molar-refractivity contribution >= 4 is 39.8 Å². The van der Waals surface area contributed by atoms with Crippen LogP contribution in [-0.2, 0) is 0 Å². The van der Waals surface area contributed by atoms with Crippen LogP contribution in [0.4, 0.5) is 4.39 Å². The molecule has 0 saturated heterocycles. The Kier molecular flexibility index (Phi) is 11.0. The fourth-order valence-corrected chi connectivity index (χ4v) is 5.25. The number of allylic oxidation sites excluding steroid dienone is 1. The Morgan fingerprint density at radius 2 is 2.00 bits per heavy atom. The first kappa shape index (κ1) is 29.2. The minimum Gasteiger partial charge on any atom is -0.373 e. The van der Waals surface area contributed by atoms with Crippen LogP contribution in [0.25, 0.3) is 27.7 Å². The van der Waals surface area contributed by atoms with E-state index in [4.69, 9.17) is 22.3 Å². The van der Waals surface area contributed by atoms with Gasteiger partial charge in [0, 0.05) is 48.2 Å². The third-order valence-electron chi connectivity index (χ3n) is 6.63. The Morgan fingerprint density at radius 3 is 2.68 bits per heavy atom. The van der Waals surface area contributed by atoms with E-state index in [-0.39, 0.29) is 11.1 Å². The SMILES string of the molecule is C=C(c1ccc2c(Cl)cc(-c3ccc(C)c(F)c3)nc2c1)C(CN(CCNCN)C(=C)CCCC)SC. The zero-order valence-electron chi connectivity index (χ0n) is 22.1. The van der Waals surface area contributed by atoms with Gasteiger partial charge in [-0.2, -0.15) is 11.8 Å². The Balaban J connectivity index is 1.88. The largest absolute Gasteiger partial charge is 0.373 e. The fraction of sp³-hybridized carbons (Fsp3) is 0.367. The van der Waals surface area contributed by atoms with Gasteiger partial charge in [-0.1, -0.05) is 62.4 Å². The second kappa shape index (κ2) is 14.0. The molecule has 0 fully saturated rings. The van der Waals surface area contributed by atoms with E-state index in [0.717, 1.165) is 66.6 Å². The van der Waals surface area contributed by atoms with E-state index < -0.39 is 0 Å². The number of hydrogen-bond donors (Lipinski definition) is 2. The first-order chi connectivity index (χ1) is 17.8. The quantitative estimate of drug-likeness (QED) is 0.166. The number of nitrogens with one attached hydrogen (secondary N) is 1. The van der Waals surface area contributed by atoms with E-state index in [9.17, 15) is 4.39 Å². The summed E-state index contributed by atoms with van der Waals surface area (Å²) in [5, 5.41) is 4.83. The Hall–Kier alpha value is -2.38. The molecule has 198 valence electrons. The summed E-state index contributed by atoms with van der Waals surface area (Å²) in [4.78, 5) is 7.19. The van der Waals surface area contributed by atoms with Crippen LogP contribution in [-0.4, -0.2) is 47.7 Å². The molecule has 0 spiro atoms. The lowest BCUT2D eigenvalue weighted by atomic mass is 10.0. The van der Waals surface area contributed by atoms with Crippen LogP contribution in [0.2, 0.25) is 5.02 Å².